The summed E-state index contributed by atoms with van der Waals surface area (Å²) in [5, 5.41) is 6.97. The Morgan fingerprint density at radius 3 is 2.67 bits per heavy atom. The van der Waals surface area contributed by atoms with Crippen LogP contribution in [0.15, 0.2) is 53.3 Å². The van der Waals surface area contributed by atoms with Crippen molar-refractivity contribution >= 4 is 16.7 Å². The summed E-state index contributed by atoms with van der Waals surface area (Å²) in [5.41, 5.74) is 0.832. The number of carbonyl (C=O) groups is 1. The van der Waals surface area contributed by atoms with E-state index in [1.165, 1.54) is 0 Å². The highest BCUT2D eigenvalue weighted by Crippen LogP contribution is 2.14. The van der Waals surface area contributed by atoms with Gasteiger partial charge in [0.2, 0.25) is 0 Å². The lowest BCUT2D eigenvalue weighted by Gasteiger charge is -2.08. The van der Waals surface area contributed by atoms with E-state index in [0.717, 1.165) is 11.3 Å². The molecule has 0 spiro atoms. The number of hydrogen-bond donors (Lipinski definition) is 1. The minimum atomic E-state index is -0.602. The molecule has 122 valence electrons. The molecule has 3 aromatic rings. The number of H-pyrrole nitrogens is 1. The Hall–Kier alpha value is -3.15. The van der Waals surface area contributed by atoms with E-state index in [2.05, 4.69) is 10.2 Å². The van der Waals surface area contributed by atoms with Crippen LogP contribution in [0.25, 0.3) is 10.8 Å². The Morgan fingerprint density at radius 2 is 1.88 bits per heavy atom. The molecule has 0 unspecified atom stereocenters. The van der Waals surface area contributed by atoms with Gasteiger partial charge in [-0.2, -0.15) is 5.10 Å². The second-order valence-electron chi connectivity index (χ2n) is 5.25. The average Bonchev–Trinajstić information content (AvgIpc) is 2.59. The van der Waals surface area contributed by atoms with Crippen molar-refractivity contribution in [3.63, 3.8) is 0 Å². The third-order valence-electron chi connectivity index (χ3n) is 3.46. The summed E-state index contributed by atoms with van der Waals surface area (Å²) in [6.45, 7) is 2.29. The van der Waals surface area contributed by atoms with E-state index in [1.54, 1.807) is 24.3 Å². The number of aromatic nitrogens is 2. The van der Waals surface area contributed by atoms with Gasteiger partial charge in [-0.05, 0) is 30.7 Å². The Labute approximate surface area is 138 Å². The molecule has 1 aromatic heterocycles. The van der Waals surface area contributed by atoms with Gasteiger partial charge in [-0.15, -0.1) is 0 Å². The van der Waals surface area contributed by atoms with E-state index in [9.17, 15) is 9.59 Å². The van der Waals surface area contributed by atoms with Crippen LogP contribution in [0.3, 0.4) is 0 Å². The average molecular weight is 324 g/mol. The number of benzene rings is 2. The molecule has 24 heavy (non-hydrogen) atoms. The predicted octanol–water partition coefficient (Wildman–Crippen LogP) is 2.47. The molecule has 6 nitrogen and oxygen atoms in total. The van der Waals surface area contributed by atoms with Gasteiger partial charge in [-0.1, -0.05) is 30.3 Å². The van der Waals surface area contributed by atoms with Gasteiger partial charge in [0, 0.05) is 5.39 Å². The van der Waals surface area contributed by atoms with Gasteiger partial charge >= 0.3 is 5.97 Å². The molecule has 0 fully saturated rings. The Balaban J connectivity index is 1.64. The molecular weight excluding hydrogens is 308 g/mol. The van der Waals surface area contributed by atoms with Gasteiger partial charge in [0.25, 0.3) is 5.56 Å². The van der Waals surface area contributed by atoms with Crippen molar-refractivity contribution < 1.29 is 14.3 Å². The van der Waals surface area contributed by atoms with Gasteiger partial charge < -0.3 is 9.47 Å². The van der Waals surface area contributed by atoms with Crippen molar-refractivity contribution in [3.8, 4) is 5.75 Å². The zero-order valence-corrected chi connectivity index (χ0v) is 13.1. The first-order valence-corrected chi connectivity index (χ1v) is 7.49. The molecule has 2 aromatic carbocycles. The highest BCUT2D eigenvalue weighted by Gasteiger charge is 2.15. The van der Waals surface area contributed by atoms with Crippen molar-refractivity contribution in [2.75, 3.05) is 13.2 Å². The van der Waals surface area contributed by atoms with Crippen molar-refractivity contribution in [2.45, 2.75) is 6.92 Å². The first-order chi connectivity index (χ1) is 11.6. The van der Waals surface area contributed by atoms with Crippen LogP contribution in [0, 0.1) is 6.92 Å². The van der Waals surface area contributed by atoms with E-state index in [-0.39, 0.29) is 24.5 Å². The number of hydrogen-bond acceptors (Lipinski definition) is 5. The van der Waals surface area contributed by atoms with E-state index >= 15 is 0 Å². The minimum Gasteiger partial charge on any atom is -0.490 e. The smallest absolute Gasteiger partial charge is 0.359 e. The SMILES string of the molecule is Cc1cccc(OCCOC(=O)c2n[nH]c(=O)c3ccccc23)c1. The molecule has 0 saturated heterocycles. The van der Waals surface area contributed by atoms with Crippen LogP contribution in [0.4, 0.5) is 0 Å². The number of rotatable bonds is 5. The van der Waals surface area contributed by atoms with Crippen LogP contribution in [0.1, 0.15) is 16.1 Å². The fraction of sp³-hybridized carbons (Fsp3) is 0.167. The molecule has 0 bridgehead atoms. The largest absolute Gasteiger partial charge is 0.490 e. The molecule has 0 aliphatic heterocycles. The van der Waals surface area contributed by atoms with Crippen LogP contribution in [-0.4, -0.2) is 29.4 Å². The van der Waals surface area contributed by atoms with E-state index in [4.69, 9.17) is 9.47 Å². The summed E-state index contributed by atoms with van der Waals surface area (Å²) in [6.07, 6.45) is 0. The summed E-state index contributed by atoms with van der Waals surface area (Å²) in [6, 6.07) is 14.4. The Kier molecular flexibility index (Phi) is 4.56. The molecule has 0 aliphatic carbocycles. The first kappa shape index (κ1) is 15.7. The van der Waals surface area contributed by atoms with Crippen LogP contribution in [0.2, 0.25) is 0 Å². The van der Waals surface area contributed by atoms with Gasteiger partial charge in [0.1, 0.15) is 19.0 Å². The van der Waals surface area contributed by atoms with Gasteiger partial charge in [0.05, 0.1) is 5.39 Å². The summed E-state index contributed by atoms with van der Waals surface area (Å²) >= 11 is 0. The van der Waals surface area contributed by atoms with Crippen LogP contribution >= 0.6 is 0 Å². The molecule has 0 atom stereocenters. The third kappa shape index (κ3) is 3.43. The number of ether oxygens (including phenoxy) is 2. The maximum Gasteiger partial charge on any atom is 0.359 e. The fourth-order valence-electron chi connectivity index (χ4n) is 2.34. The number of carbonyl (C=O) groups excluding carboxylic acids is 1. The standard InChI is InChI=1S/C18H16N2O4/c1-12-5-4-6-13(11-12)23-9-10-24-18(22)16-14-7-2-3-8-15(14)17(21)20-19-16/h2-8,11H,9-10H2,1H3,(H,20,21). The maximum absolute atomic E-state index is 12.2. The van der Waals surface area contributed by atoms with Crippen molar-refractivity contribution in [1.29, 1.82) is 0 Å². The lowest BCUT2D eigenvalue weighted by molar-refractivity contribution is 0.0445. The molecular formula is C18H16N2O4. The van der Waals surface area contributed by atoms with Gasteiger partial charge in [0.15, 0.2) is 5.69 Å². The Morgan fingerprint density at radius 1 is 1.08 bits per heavy atom. The number of esters is 1. The lowest BCUT2D eigenvalue weighted by Crippen LogP contribution is -2.18. The van der Waals surface area contributed by atoms with E-state index in [1.807, 2.05) is 31.2 Å². The van der Waals surface area contributed by atoms with Gasteiger partial charge in [-0.25, -0.2) is 9.89 Å². The Bertz CT molecular complexity index is 933. The number of nitrogens with zero attached hydrogens (tertiary/aromatic N) is 1. The summed E-state index contributed by atoms with van der Waals surface area (Å²) in [5.74, 6) is 0.119. The molecule has 0 saturated carbocycles. The highest BCUT2D eigenvalue weighted by atomic mass is 16.6. The molecule has 3 rings (SSSR count). The number of fused-ring (bicyclic) bond motifs is 1. The number of aromatic amines is 1. The second kappa shape index (κ2) is 6.95. The first-order valence-electron chi connectivity index (χ1n) is 7.49. The second-order valence-corrected chi connectivity index (χ2v) is 5.25. The summed E-state index contributed by atoms with van der Waals surface area (Å²) < 4.78 is 10.7. The third-order valence-corrected chi connectivity index (χ3v) is 3.46. The molecule has 6 heteroatoms. The lowest BCUT2D eigenvalue weighted by atomic mass is 10.1. The van der Waals surface area contributed by atoms with E-state index < -0.39 is 5.97 Å². The van der Waals surface area contributed by atoms with Crippen LogP contribution in [0.5, 0.6) is 5.75 Å². The zero-order chi connectivity index (χ0) is 16.9. The monoisotopic (exact) mass is 324 g/mol. The molecule has 1 N–H and O–H groups in total. The number of aryl methyl sites for hydroxylation is 1. The van der Waals surface area contributed by atoms with Crippen LogP contribution in [-0.2, 0) is 4.74 Å². The fourth-order valence-corrected chi connectivity index (χ4v) is 2.34. The van der Waals surface area contributed by atoms with E-state index in [0.29, 0.717) is 10.8 Å². The topological polar surface area (TPSA) is 81.3 Å². The normalized spacial score (nSPS) is 10.5. The quantitative estimate of drug-likeness (QED) is 0.576. The molecule has 1 heterocycles. The summed E-state index contributed by atoms with van der Waals surface area (Å²) in [4.78, 5) is 23.9. The van der Waals surface area contributed by atoms with Crippen molar-refractivity contribution in [1.82, 2.24) is 10.2 Å². The minimum absolute atomic E-state index is 0.0840. The molecule has 0 amide bonds. The molecule has 0 aliphatic rings. The molecule has 0 radical (unpaired) electrons. The van der Waals surface area contributed by atoms with Crippen LogP contribution < -0.4 is 10.3 Å². The maximum atomic E-state index is 12.2. The highest BCUT2D eigenvalue weighted by molar-refractivity contribution is 6.01. The number of nitrogens with one attached hydrogen (secondary N) is 1. The van der Waals surface area contributed by atoms with Gasteiger partial charge in [-0.3, -0.25) is 4.79 Å². The van der Waals surface area contributed by atoms with Crippen molar-refractivity contribution in [2.24, 2.45) is 0 Å². The van der Waals surface area contributed by atoms with Crippen molar-refractivity contribution in [3.05, 3.63) is 70.1 Å². The predicted molar refractivity (Wildman–Crippen MR) is 89.3 cm³/mol. The zero-order valence-electron chi connectivity index (χ0n) is 13.1. The summed E-state index contributed by atoms with van der Waals surface area (Å²) in [7, 11) is 0.